The van der Waals surface area contributed by atoms with Gasteiger partial charge in [-0.15, -0.1) is 0 Å². The Kier molecular flexibility index (Phi) is 6.06. The van der Waals surface area contributed by atoms with Crippen LogP contribution in [0.4, 0.5) is 0 Å². The lowest BCUT2D eigenvalue weighted by Gasteiger charge is -2.06. The van der Waals surface area contributed by atoms with E-state index in [1.807, 2.05) is 55.5 Å². The summed E-state index contributed by atoms with van der Waals surface area (Å²) in [6.45, 7) is 2.01. The third kappa shape index (κ3) is 4.97. The number of aromatic nitrogens is 2. The van der Waals surface area contributed by atoms with Gasteiger partial charge in [-0.1, -0.05) is 29.8 Å². The number of aryl methyl sites for hydroxylation is 2. The fourth-order valence-electron chi connectivity index (χ4n) is 2.73. The van der Waals surface area contributed by atoms with E-state index in [2.05, 4.69) is 21.0 Å². The molecule has 0 radical (unpaired) electrons. The predicted octanol–water partition coefficient (Wildman–Crippen LogP) is 2.79. The van der Waals surface area contributed by atoms with E-state index in [-0.39, 0.29) is 18.0 Å². The minimum Gasteiger partial charge on any atom is -0.497 e. The first-order valence-electron chi connectivity index (χ1n) is 8.90. The molecule has 0 bridgehead atoms. The number of benzene rings is 2. The topological polar surface area (TPSA) is 96.1 Å². The molecule has 0 aliphatic heterocycles. The molecule has 3 rings (SSSR count). The van der Waals surface area contributed by atoms with Crippen molar-refractivity contribution in [2.24, 2.45) is 0 Å². The van der Waals surface area contributed by atoms with Crippen LogP contribution in [0.1, 0.15) is 28.0 Å². The predicted molar refractivity (Wildman–Crippen MR) is 106 cm³/mol. The fourth-order valence-corrected chi connectivity index (χ4v) is 2.73. The van der Waals surface area contributed by atoms with Gasteiger partial charge in [-0.25, -0.2) is 0 Å². The maximum absolute atomic E-state index is 12.2. The van der Waals surface area contributed by atoms with Gasteiger partial charge in [0.15, 0.2) is 0 Å². The number of carbonyl (C=O) groups is 2. The van der Waals surface area contributed by atoms with E-state index in [0.29, 0.717) is 12.1 Å². The number of H-pyrrole nitrogens is 1. The molecule has 1 aromatic heterocycles. The van der Waals surface area contributed by atoms with Crippen LogP contribution in [0.15, 0.2) is 54.6 Å². The van der Waals surface area contributed by atoms with Gasteiger partial charge >= 0.3 is 0 Å². The molecule has 2 aromatic carbocycles. The number of nitrogens with zero attached hydrogens (tertiary/aromatic N) is 1. The summed E-state index contributed by atoms with van der Waals surface area (Å²) in [5.41, 5.74) is 8.78. The number of hydrogen-bond donors (Lipinski definition) is 3. The molecule has 7 heteroatoms. The molecule has 1 heterocycles. The molecule has 0 spiro atoms. The normalized spacial score (nSPS) is 10.4. The first kappa shape index (κ1) is 19.2. The highest BCUT2D eigenvalue weighted by Gasteiger charge is 2.12. The zero-order valence-corrected chi connectivity index (χ0v) is 15.8. The SMILES string of the molecule is COc1ccc(-c2cc(C(=O)NNC(=O)CCc3cccc(C)c3)[nH]n2)cc1. The van der Waals surface area contributed by atoms with E-state index in [0.717, 1.165) is 22.4 Å². The van der Waals surface area contributed by atoms with Gasteiger partial charge in [0.05, 0.1) is 12.8 Å². The van der Waals surface area contributed by atoms with E-state index >= 15 is 0 Å². The second-order valence-electron chi connectivity index (χ2n) is 6.39. The number of methoxy groups -OCH3 is 1. The van der Waals surface area contributed by atoms with E-state index in [1.165, 1.54) is 0 Å². The smallest absolute Gasteiger partial charge is 0.287 e. The van der Waals surface area contributed by atoms with Gasteiger partial charge in [0.2, 0.25) is 5.91 Å². The van der Waals surface area contributed by atoms with Gasteiger partial charge in [0.1, 0.15) is 11.4 Å². The molecule has 28 heavy (non-hydrogen) atoms. The van der Waals surface area contributed by atoms with Crippen LogP contribution in [0.3, 0.4) is 0 Å². The summed E-state index contributed by atoms with van der Waals surface area (Å²) < 4.78 is 5.12. The first-order chi connectivity index (χ1) is 13.5. The molecule has 144 valence electrons. The largest absolute Gasteiger partial charge is 0.497 e. The van der Waals surface area contributed by atoms with Crippen LogP contribution in [0.2, 0.25) is 0 Å². The summed E-state index contributed by atoms with van der Waals surface area (Å²) in [6, 6.07) is 16.9. The maximum Gasteiger partial charge on any atom is 0.287 e. The van der Waals surface area contributed by atoms with Gasteiger partial charge < -0.3 is 4.74 Å². The molecule has 0 saturated carbocycles. The highest BCUT2D eigenvalue weighted by molar-refractivity contribution is 5.94. The Morgan fingerprint density at radius 1 is 1.07 bits per heavy atom. The molecule has 0 aliphatic carbocycles. The zero-order valence-electron chi connectivity index (χ0n) is 15.8. The highest BCUT2D eigenvalue weighted by atomic mass is 16.5. The molecule has 0 aliphatic rings. The van der Waals surface area contributed by atoms with Crippen molar-refractivity contribution in [1.82, 2.24) is 21.0 Å². The zero-order chi connectivity index (χ0) is 19.9. The lowest BCUT2D eigenvalue weighted by atomic mass is 10.1. The standard InChI is InChI=1S/C21H22N4O3/c1-14-4-3-5-15(12-14)6-11-20(26)24-25-21(27)19-13-18(22-23-19)16-7-9-17(28-2)10-8-16/h3-5,7-10,12-13H,6,11H2,1-2H3,(H,22,23)(H,24,26)(H,25,27). The van der Waals surface area contributed by atoms with Gasteiger partial charge in [-0.3, -0.25) is 25.5 Å². The molecular weight excluding hydrogens is 356 g/mol. The van der Waals surface area contributed by atoms with Gasteiger partial charge in [0, 0.05) is 12.0 Å². The van der Waals surface area contributed by atoms with Crippen molar-refractivity contribution in [1.29, 1.82) is 0 Å². The minimum absolute atomic E-state index is 0.254. The highest BCUT2D eigenvalue weighted by Crippen LogP contribution is 2.21. The van der Waals surface area contributed by atoms with Crippen molar-refractivity contribution in [2.45, 2.75) is 19.8 Å². The Hall–Kier alpha value is -3.61. The number of aromatic amines is 1. The van der Waals surface area contributed by atoms with Crippen molar-refractivity contribution >= 4 is 11.8 Å². The molecule has 3 N–H and O–H groups in total. The average Bonchev–Trinajstić information content (AvgIpc) is 3.21. The molecule has 0 fully saturated rings. The summed E-state index contributed by atoms with van der Waals surface area (Å²) in [5, 5.41) is 6.81. The first-order valence-corrected chi connectivity index (χ1v) is 8.90. The van der Waals surface area contributed by atoms with E-state index < -0.39 is 5.91 Å². The Morgan fingerprint density at radius 3 is 2.57 bits per heavy atom. The third-order valence-electron chi connectivity index (χ3n) is 4.25. The van der Waals surface area contributed by atoms with Crippen molar-refractivity contribution in [3.8, 4) is 17.0 Å². The Morgan fingerprint density at radius 2 is 1.86 bits per heavy atom. The number of rotatable bonds is 6. The van der Waals surface area contributed by atoms with E-state index in [4.69, 9.17) is 4.74 Å². The fraction of sp³-hybridized carbons (Fsp3) is 0.190. The Labute approximate surface area is 163 Å². The summed E-state index contributed by atoms with van der Waals surface area (Å²) in [5.74, 6) is 0.0199. The molecule has 0 atom stereocenters. The van der Waals surface area contributed by atoms with Crippen LogP contribution >= 0.6 is 0 Å². The molecular formula is C21H22N4O3. The van der Waals surface area contributed by atoms with Gasteiger partial charge in [0.25, 0.3) is 5.91 Å². The summed E-state index contributed by atoms with van der Waals surface area (Å²) in [6.07, 6.45) is 0.888. The molecule has 7 nitrogen and oxygen atoms in total. The van der Waals surface area contributed by atoms with Crippen molar-refractivity contribution in [3.05, 3.63) is 71.4 Å². The second-order valence-corrected chi connectivity index (χ2v) is 6.39. The van der Waals surface area contributed by atoms with Crippen LogP contribution in [-0.4, -0.2) is 29.1 Å². The second kappa shape index (κ2) is 8.85. The molecule has 0 saturated heterocycles. The van der Waals surface area contributed by atoms with Crippen LogP contribution < -0.4 is 15.6 Å². The number of hydrogen-bond acceptors (Lipinski definition) is 4. The number of hydrazine groups is 1. The van der Waals surface area contributed by atoms with Gasteiger partial charge in [-0.05, 0) is 49.2 Å². The maximum atomic E-state index is 12.2. The monoisotopic (exact) mass is 378 g/mol. The van der Waals surface area contributed by atoms with E-state index in [9.17, 15) is 9.59 Å². The van der Waals surface area contributed by atoms with Crippen molar-refractivity contribution < 1.29 is 14.3 Å². The molecule has 3 aromatic rings. The van der Waals surface area contributed by atoms with Crippen molar-refractivity contribution in [2.75, 3.05) is 7.11 Å². The third-order valence-corrected chi connectivity index (χ3v) is 4.25. The van der Waals surface area contributed by atoms with Crippen LogP contribution in [-0.2, 0) is 11.2 Å². The minimum atomic E-state index is -0.462. The number of nitrogens with one attached hydrogen (secondary N) is 3. The van der Waals surface area contributed by atoms with Crippen molar-refractivity contribution in [3.63, 3.8) is 0 Å². The van der Waals surface area contributed by atoms with Crippen LogP contribution in [0, 0.1) is 6.92 Å². The Balaban J connectivity index is 1.50. The summed E-state index contributed by atoms with van der Waals surface area (Å²) >= 11 is 0. The quantitative estimate of drug-likeness (QED) is 0.575. The van der Waals surface area contributed by atoms with Crippen LogP contribution in [0.25, 0.3) is 11.3 Å². The molecule has 0 unspecified atom stereocenters. The Bertz CT molecular complexity index is 964. The van der Waals surface area contributed by atoms with E-state index in [1.54, 1.807) is 13.2 Å². The molecule has 2 amide bonds. The number of amides is 2. The number of ether oxygens (including phenoxy) is 1. The van der Waals surface area contributed by atoms with Crippen LogP contribution in [0.5, 0.6) is 5.75 Å². The average molecular weight is 378 g/mol. The lowest BCUT2D eigenvalue weighted by molar-refractivity contribution is -0.121. The van der Waals surface area contributed by atoms with Gasteiger partial charge in [-0.2, -0.15) is 5.10 Å². The lowest BCUT2D eigenvalue weighted by Crippen LogP contribution is -2.41. The summed E-state index contributed by atoms with van der Waals surface area (Å²) in [4.78, 5) is 24.2. The number of carbonyl (C=O) groups excluding carboxylic acids is 2. The summed E-state index contributed by atoms with van der Waals surface area (Å²) in [7, 11) is 1.60.